The number of hydrogen-bond donors (Lipinski definition) is 1. The first-order valence-electron chi connectivity index (χ1n) is 8.05. The summed E-state index contributed by atoms with van der Waals surface area (Å²) in [6.07, 6.45) is -3.26. The number of nitrogens with one attached hydrogen (secondary N) is 1. The number of benzene rings is 2. The lowest BCUT2D eigenvalue weighted by molar-refractivity contribution is -0.136. The second-order valence-electron chi connectivity index (χ2n) is 5.62. The molecule has 1 N–H and O–H groups in total. The maximum absolute atomic E-state index is 13.1. The Bertz CT molecular complexity index is 1030. The van der Waals surface area contributed by atoms with E-state index < -0.39 is 11.7 Å². The number of ether oxygens (including phenoxy) is 1. The number of nitrogens with zero attached hydrogens (tertiary/aromatic N) is 2. The van der Waals surface area contributed by atoms with Crippen molar-refractivity contribution in [2.45, 2.75) is 6.18 Å². The molecule has 0 fully saturated rings. The van der Waals surface area contributed by atoms with Gasteiger partial charge >= 0.3 is 6.18 Å². The summed E-state index contributed by atoms with van der Waals surface area (Å²) in [4.78, 5) is 4.42. The smallest absolute Gasteiger partial charge is 0.418 e. The van der Waals surface area contributed by atoms with Crippen molar-refractivity contribution in [2.75, 3.05) is 12.4 Å². The molecule has 0 spiro atoms. The van der Waals surface area contributed by atoms with Crippen molar-refractivity contribution in [2.24, 2.45) is 0 Å². The van der Waals surface area contributed by atoms with Gasteiger partial charge in [-0.3, -0.25) is 0 Å². The predicted octanol–water partition coefficient (Wildman–Crippen LogP) is 5.81. The molecule has 142 valence electrons. The van der Waals surface area contributed by atoms with Crippen LogP contribution in [0, 0.1) is 11.3 Å². The van der Waals surface area contributed by atoms with Crippen molar-refractivity contribution < 1.29 is 17.9 Å². The van der Waals surface area contributed by atoms with E-state index in [1.54, 1.807) is 24.6 Å². The van der Waals surface area contributed by atoms with E-state index in [1.807, 2.05) is 18.2 Å². The molecule has 0 radical (unpaired) electrons. The summed E-state index contributed by atoms with van der Waals surface area (Å²) in [5.41, 5.74) is 0.716. The molecule has 0 aliphatic heterocycles. The molecule has 0 atom stereocenters. The highest BCUT2D eigenvalue weighted by molar-refractivity contribution is 7.11. The molecular formula is C20H14F3N3OS. The quantitative estimate of drug-likeness (QED) is 0.548. The van der Waals surface area contributed by atoms with E-state index in [0.29, 0.717) is 16.5 Å². The SMILES string of the molecule is COc1ccc(-c2csc(C(C#N)=CNc3ccccc3C(F)(F)F)n2)cc1. The zero-order valence-corrected chi connectivity index (χ0v) is 15.4. The van der Waals surface area contributed by atoms with Gasteiger partial charge in [0.05, 0.1) is 24.1 Å². The van der Waals surface area contributed by atoms with Gasteiger partial charge in [0.1, 0.15) is 22.4 Å². The van der Waals surface area contributed by atoms with Crippen LogP contribution in [0.15, 0.2) is 60.1 Å². The number of nitriles is 1. The molecule has 1 aromatic heterocycles. The molecule has 28 heavy (non-hydrogen) atoms. The minimum absolute atomic E-state index is 0.130. The van der Waals surface area contributed by atoms with Crippen molar-refractivity contribution in [3.63, 3.8) is 0 Å². The van der Waals surface area contributed by atoms with Gasteiger partial charge in [0.2, 0.25) is 0 Å². The second kappa shape index (κ2) is 8.15. The number of halogens is 3. The van der Waals surface area contributed by atoms with Crippen molar-refractivity contribution in [3.05, 3.63) is 70.7 Å². The first-order valence-corrected chi connectivity index (χ1v) is 8.93. The molecule has 0 bridgehead atoms. The highest BCUT2D eigenvalue weighted by Crippen LogP contribution is 2.35. The maximum Gasteiger partial charge on any atom is 0.418 e. The lowest BCUT2D eigenvalue weighted by Gasteiger charge is -2.12. The van der Waals surface area contributed by atoms with E-state index in [4.69, 9.17) is 4.74 Å². The minimum atomic E-state index is -4.49. The van der Waals surface area contributed by atoms with Crippen molar-refractivity contribution >= 4 is 22.6 Å². The van der Waals surface area contributed by atoms with Crippen LogP contribution in [0.1, 0.15) is 10.6 Å². The number of hydrogen-bond acceptors (Lipinski definition) is 5. The van der Waals surface area contributed by atoms with Crippen molar-refractivity contribution in [3.8, 4) is 23.1 Å². The normalized spacial score (nSPS) is 11.8. The van der Waals surface area contributed by atoms with Crippen LogP contribution in [0.4, 0.5) is 18.9 Å². The van der Waals surface area contributed by atoms with Gasteiger partial charge in [-0.15, -0.1) is 11.3 Å². The fourth-order valence-corrected chi connectivity index (χ4v) is 3.23. The first kappa shape index (κ1) is 19.5. The lowest BCUT2D eigenvalue weighted by atomic mass is 10.1. The highest BCUT2D eigenvalue weighted by Gasteiger charge is 2.33. The molecule has 4 nitrogen and oxygen atoms in total. The van der Waals surface area contributed by atoms with Crippen molar-refractivity contribution in [1.82, 2.24) is 4.98 Å². The number of rotatable bonds is 5. The van der Waals surface area contributed by atoms with Gasteiger partial charge in [-0.2, -0.15) is 18.4 Å². The Morgan fingerprint density at radius 3 is 2.54 bits per heavy atom. The number of para-hydroxylation sites is 1. The van der Waals surface area contributed by atoms with Gasteiger partial charge in [0, 0.05) is 17.1 Å². The standard InChI is InChI=1S/C20H14F3N3OS/c1-27-15-8-6-13(7-9-15)18-12-28-19(26-18)14(10-24)11-25-17-5-3-2-4-16(17)20(21,22)23/h2-9,11-12,25H,1H3. The van der Waals surface area contributed by atoms with E-state index >= 15 is 0 Å². The molecule has 0 unspecified atom stereocenters. The molecule has 3 aromatic rings. The third kappa shape index (κ3) is 4.32. The Labute approximate surface area is 163 Å². The van der Waals surface area contributed by atoms with Crippen LogP contribution in [0.3, 0.4) is 0 Å². The molecule has 0 saturated carbocycles. The van der Waals surface area contributed by atoms with E-state index in [1.165, 1.54) is 35.7 Å². The minimum Gasteiger partial charge on any atom is -0.497 e. The molecule has 1 heterocycles. The van der Waals surface area contributed by atoms with Gasteiger partial charge < -0.3 is 10.1 Å². The Kier molecular flexibility index (Phi) is 5.66. The van der Waals surface area contributed by atoms with Gasteiger partial charge in [0.25, 0.3) is 0 Å². The monoisotopic (exact) mass is 401 g/mol. The fourth-order valence-electron chi connectivity index (χ4n) is 2.44. The number of thiazole rings is 1. The number of allylic oxidation sites excluding steroid dienone is 1. The Balaban J connectivity index is 1.85. The first-order chi connectivity index (χ1) is 13.4. The summed E-state index contributed by atoms with van der Waals surface area (Å²) in [5.74, 6) is 0.712. The predicted molar refractivity (Wildman–Crippen MR) is 103 cm³/mol. The third-order valence-electron chi connectivity index (χ3n) is 3.85. The van der Waals surface area contributed by atoms with E-state index in [2.05, 4.69) is 10.3 Å². The molecule has 2 aromatic carbocycles. The van der Waals surface area contributed by atoms with Crippen LogP contribution in [0.25, 0.3) is 16.8 Å². The Hall–Kier alpha value is -3.31. The zero-order valence-electron chi connectivity index (χ0n) is 14.6. The highest BCUT2D eigenvalue weighted by atomic mass is 32.1. The Morgan fingerprint density at radius 1 is 1.18 bits per heavy atom. The molecule has 3 rings (SSSR count). The number of aromatic nitrogens is 1. The summed E-state index contributed by atoms with van der Waals surface area (Å²) in [7, 11) is 1.57. The lowest BCUT2D eigenvalue weighted by Crippen LogP contribution is -2.08. The van der Waals surface area contributed by atoms with Crippen LogP contribution < -0.4 is 10.1 Å². The maximum atomic E-state index is 13.1. The van der Waals surface area contributed by atoms with Gasteiger partial charge in [-0.1, -0.05) is 12.1 Å². The Morgan fingerprint density at radius 2 is 1.89 bits per heavy atom. The van der Waals surface area contributed by atoms with E-state index in [0.717, 1.165) is 11.6 Å². The average molecular weight is 401 g/mol. The summed E-state index contributed by atoms with van der Waals surface area (Å²) in [5, 5.41) is 14.2. The number of alkyl halides is 3. The molecular weight excluding hydrogens is 387 g/mol. The third-order valence-corrected chi connectivity index (χ3v) is 4.72. The van der Waals surface area contributed by atoms with Crippen LogP contribution in [0.5, 0.6) is 5.75 Å². The largest absolute Gasteiger partial charge is 0.497 e. The van der Waals surface area contributed by atoms with E-state index in [9.17, 15) is 18.4 Å². The topological polar surface area (TPSA) is 57.9 Å². The van der Waals surface area contributed by atoms with Gasteiger partial charge in [-0.05, 0) is 36.4 Å². The summed E-state index contributed by atoms with van der Waals surface area (Å²) >= 11 is 1.24. The van der Waals surface area contributed by atoms with Crippen LogP contribution in [-0.4, -0.2) is 12.1 Å². The summed E-state index contributed by atoms with van der Waals surface area (Å²) in [6.45, 7) is 0. The summed E-state index contributed by atoms with van der Waals surface area (Å²) < 4.78 is 44.3. The molecule has 8 heteroatoms. The van der Waals surface area contributed by atoms with E-state index in [-0.39, 0.29) is 11.3 Å². The zero-order chi connectivity index (χ0) is 20.1. The molecule has 0 saturated heterocycles. The van der Waals surface area contributed by atoms with Crippen LogP contribution in [0.2, 0.25) is 0 Å². The number of anilines is 1. The molecule has 0 amide bonds. The average Bonchev–Trinajstić information content (AvgIpc) is 3.18. The molecule has 0 aliphatic rings. The fraction of sp³-hybridized carbons (Fsp3) is 0.100. The summed E-state index contributed by atoms with van der Waals surface area (Å²) in [6, 6.07) is 14.3. The van der Waals surface area contributed by atoms with Gasteiger partial charge in [0.15, 0.2) is 0 Å². The molecule has 0 aliphatic carbocycles. The second-order valence-corrected chi connectivity index (χ2v) is 6.48. The van der Waals surface area contributed by atoms with Crippen LogP contribution >= 0.6 is 11.3 Å². The van der Waals surface area contributed by atoms with Gasteiger partial charge in [-0.25, -0.2) is 4.98 Å². The van der Waals surface area contributed by atoms with Crippen LogP contribution in [-0.2, 0) is 6.18 Å². The number of methoxy groups -OCH3 is 1. The van der Waals surface area contributed by atoms with Crippen molar-refractivity contribution in [1.29, 1.82) is 5.26 Å².